The molecule has 4 rings (SSSR count). The van der Waals surface area contributed by atoms with Crippen LogP contribution in [0.1, 0.15) is 18.2 Å². The summed E-state index contributed by atoms with van der Waals surface area (Å²) in [5.41, 5.74) is 1.64. The van der Waals surface area contributed by atoms with Gasteiger partial charge in [0.15, 0.2) is 5.76 Å². The molecule has 4 aromatic rings. The van der Waals surface area contributed by atoms with Crippen LogP contribution in [0.4, 0.5) is 5.82 Å². The number of nitrogens with one attached hydrogen (secondary N) is 2. The third kappa shape index (κ3) is 4.55. The molecule has 0 aliphatic carbocycles. The van der Waals surface area contributed by atoms with Crippen LogP contribution >= 0.6 is 0 Å². The number of H-pyrrole nitrogens is 1. The van der Waals surface area contributed by atoms with E-state index in [0.29, 0.717) is 29.4 Å². The SMILES string of the molecule is CCc1cc(=O)[nH]c(-n2nc(-c3ccco3)cc2NC(=O)Cc2ccc(OC)cc2)n1. The maximum Gasteiger partial charge on any atom is 0.252 e. The van der Waals surface area contributed by atoms with Gasteiger partial charge in [-0.3, -0.25) is 14.6 Å². The van der Waals surface area contributed by atoms with E-state index in [-0.39, 0.29) is 23.8 Å². The van der Waals surface area contributed by atoms with Gasteiger partial charge in [0.1, 0.15) is 17.3 Å². The highest BCUT2D eigenvalue weighted by molar-refractivity contribution is 5.92. The zero-order valence-electron chi connectivity index (χ0n) is 17.1. The van der Waals surface area contributed by atoms with E-state index in [1.165, 1.54) is 17.0 Å². The molecule has 0 unspecified atom stereocenters. The summed E-state index contributed by atoms with van der Waals surface area (Å²) in [6.07, 6.45) is 2.28. The van der Waals surface area contributed by atoms with E-state index >= 15 is 0 Å². The molecule has 31 heavy (non-hydrogen) atoms. The molecule has 0 aliphatic rings. The molecule has 0 fully saturated rings. The molecule has 0 saturated carbocycles. The van der Waals surface area contributed by atoms with Gasteiger partial charge in [0.2, 0.25) is 11.9 Å². The van der Waals surface area contributed by atoms with Crippen molar-refractivity contribution in [1.82, 2.24) is 19.7 Å². The number of carbonyl (C=O) groups is 1. The number of nitrogens with zero attached hydrogens (tertiary/aromatic N) is 3. The molecule has 0 atom stereocenters. The number of aromatic nitrogens is 4. The number of hydrogen-bond donors (Lipinski definition) is 2. The number of benzene rings is 1. The molecular weight excluding hydrogens is 398 g/mol. The van der Waals surface area contributed by atoms with E-state index in [9.17, 15) is 9.59 Å². The zero-order chi connectivity index (χ0) is 21.8. The number of amides is 1. The molecule has 0 aliphatic heterocycles. The Morgan fingerprint density at radius 2 is 2.03 bits per heavy atom. The van der Waals surface area contributed by atoms with Gasteiger partial charge < -0.3 is 14.5 Å². The third-order valence-electron chi connectivity index (χ3n) is 4.62. The summed E-state index contributed by atoms with van der Waals surface area (Å²) in [7, 11) is 1.59. The molecular formula is C22H21N5O4. The van der Waals surface area contributed by atoms with Crippen molar-refractivity contribution in [3.63, 3.8) is 0 Å². The number of furan rings is 1. The van der Waals surface area contributed by atoms with Crippen molar-refractivity contribution in [2.24, 2.45) is 0 Å². The molecule has 0 radical (unpaired) electrons. The maximum atomic E-state index is 12.7. The van der Waals surface area contributed by atoms with Gasteiger partial charge in [0, 0.05) is 17.8 Å². The minimum atomic E-state index is -0.299. The molecule has 158 valence electrons. The average molecular weight is 419 g/mol. The quantitative estimate of drug-likeness (QED) is 0.476. The summed E-state index contributed by atoms with van der Waals surface area (Å²) in [6.45, 7) is 1.90. The summed E-state index contributed by atoms with van der Waals surface area (Å²) in [5, 5.41) is 7.33. The Labute approximate surface area is 177 Å². The lowest BCUT2D eigenvalue weighted by Gasteiger charge is -2.09. The fraction of sp³-hybridized carbons (Fsp3) is 0.182. The number of hydrogen-bond acceptors (Lipinski definition) is 6. The lowest BCUT2D eigenvalue weighted by Crippen LogP contribution is -2.20. The minimum absolute atomic E-state index is 0.157. The van der Waals surface area contributed by atoms with Crippen LogP contribution in [0, 0.1) is 0 Å². The van der Waals surface area contributed by atoms with E-state index in [1.54, 1.807) is 37.4 Å². The van der Waals surface area contributed by atoms with Crippen molar-refractivity contribution in [3.05, 3.63) is 76.4 Å². The summed E-state index contributed by atoms with van der Waals surface area (Å²) < 4.78 is 12.0. The molecule has 3 aromatic heterocycles. The Bertz CT molecular complexity index is 1240. The van der Waals surface area contributed by atoms with Crippen molar-refractivity contribution >= 4 is 11.7 Å². The second-order valence-electron chi connectivity index (χ2n) is 6.79. The Morgan fingerprint density at radius 3 is 2.71 bits per heavy atom. The second-order valence-corrected chi connectivity index (χ2v) is 6.79. The van der Waals surface area contributed by atoms with Crippen molar-refractivity contribution < 1.29 is 13.9 Å². The van der Waals surface area contributed by atoms with Crippen molar-refractivity contribution in [2.75, 3.05) is 12.4 Å². The largest absolute Gasteiger partial charge is 0.497 e. The fourth-order valence-electron chi connectivity index (χ4n) is 3.07. The molecule has 1 amide bonds. The van der Waals surface area contributed by atoms with Gasteiger partial charge >= 0.3 is 0 Å². The molecule has 3 heterocycles. The Balaban J connectivity index is 1.66. The Morgan fingerprint density at radius 1 is 1.23 bits per heavy atom. The van der Waals surface area contributed by atoms with Gasteiger partial charge in [-0.15, -0.1) is 0 Å². The van der Waals surface area contributed by atoms with Crippen molar-refractivity contribution in [2.45, 2.75) is 19.8 Å². The highest BCUT2D eigenvalue weighted by atomic mass is 16.5. The molecule has 9 nitrogen and oxygen atoms in total. The molecule has 0 bridgehead atoms. The van der Waals surface area contributed by atoms with E-state index in [2.05, 4.69) is 20.4 Å². The smallest absolute Gasteiger partial charge is 0.252 e. The lowest BCUT2D eigenvalue weighted by molar-refractivity contribution is -0.115. The summed E-state index contributed by atoms with van der Waals surface area (Å²) in [6, 6.07) is 13.9. The monoisotopic (exact) mass is 419 g/mol. The first-order valence-corrected chi connectivity index (χ1v) is 9.73. The lowest BCUT2D eigenvalue weighted by atomic mass is 10.1. The Kier molecular flexibility index (Phi) is 5.65. The van der Waals surface area contributed by atoms with Crippen LogP contribution in [0.15, 0.2) is 64.0 Å². The first kappa shape index (κ1) is 20.1. The molecule has 0 spiro atoms. The molecule has 1 aromatic carbocycles. The van der Waals surface area contributed by atoms with Crippen LogP contribution in [0.2, 0.25) is 0 Å². The summed E-state index contributed by atoms with van der Waals surface area (Å²) in [4.78, 5) is 31.9. The first-order valence-electron chi connectivity index (χ1n) is 9.73. The number of methoxy groups -OCH3 is 1. The highest BCUT2D eigenvalue weighted by Crippen LogP contribution is 2.24. The minimum Gasteiger partial charge on any atom is -0.497 e. The van der Waals surface area contributed by atoms with Crippen LogP contribution < -0.4 is 15.6 Å². The molecule has 9 heteroatoms. The number of aryl methyl sites for hydroxylation is 1. The second kappa shape index (κ2) is 8.70. The van der Waals surface area contributed by atoms with Gasteiger partial charge in [-0.2, -0.15) is 9.78 Å². The van der Waals surface area contributed by atoms with Crippen LogP contribution in [0.25, 0.3) is 17.4 Å². The molecule has 2 N–H and O–H groups in total. The molecule has 0 saturated heterocycles. The summed E-state index contributed by atoms with van der Waals surface area (Å²) in [5.74, 6) is 1.57. The average Bonchev–Trinajstić information content (AvgIpc) is 3.44. The van der Waals surface area contributed by atoms with Crippen LogP contribution in [-0.2, 0) is 17.6 Å². The van der Waals surface area contributed by atoms with Crippen molar-refractivity contribution in [1.29, 1.82) is 0 Å². The standard InChI is InChI=1S/C22H21N5O4/c1-3-15-12-21(29)25-22(23-15)27-19(13-17(26-27)18-5-4-10-31-18)24-20(28)11-14-6-8-16(30-2)9-7-14/h4-10,12-13H,3,11H2,1-2H3,(H,24,28)(H,23,25,29). The van der Waals surface area contributed by atoms with E-state index in [0.717, 1.165) is 11.3 Å². The number of rotatable bonds is 7. The number of carbonyl (C=O) groups excluding carboxylic acids is 1. The third-order valence-corrected chi connectivity index (χ3v) is 4.62. The zero-order valence-corrected chi connectivity index (χ0v) is 17.1. The maximum absolute atomic E-state index is 12.7. The summed E-state index contributed by atoms with van der Waals surface area (Å²) >= 11 is 0. The van der Waals surface area contributed by atoms with Crippen molar-refractivity contribution in [3.8, 4) is 23.2 Å². The Hall–Kier alpha value is -4.14. The van der Waals surface area contributed by atoms with Crippen LogP contribution in [0.5, 0.6) is 5.75 Å². The first-order chi connectivity index (χ1) is 15.1. The number of aromatic amines is 1. The van der Waals surface area contributed by atoms with E-state index in [4.69, 9.17) is 9.15 Å². The van der Waals surface area contributed by atoms with Gasteiger partial charge in [-0.1, -0.05) is 19.1 Å². The normalized spacial score (nSPS) is 10.8. The van der Waals surface area contributed by atoms with Gasteiger partial charge in [-0.25, -0.2) is 4.98 Å². The van der Waals surface area contributed by atoms with Crippen LogP contribution in [0.3, 0.4) is 0 Å². The van der Waals surface area contributed by atoms with Gasteiger partial charge in [-0.05, 0) is 36.2 Å². The predicted octanol–water partition coefficient (Wildman–Crippen LogP) is 2.97. The topological polar surface area (TPSA) is 115 Å². The number of ether oxygens (including phenoxy) is 1. The fourth-order valence-corrected chi connectivity index (χ4v) is 3.07. The number of anilines is 1. The van der Waals surface area contributed by atoms with E-state index in [1.807, 2.05) is 19.1 Å². The highest BCUT2D eigenvalue weighted by Gasteiger charge is 2.17. The van der Waals surface area contributed by atoms with Gasteiger partial charge in [0.25, 0.3) is 5.56 Å². The van der Waals surface area contributed by atoms with E-state index < -0.39 is 0 Å². The van der Waals surface area contributed by atoms with Gasteiger partial charge in [0.05, 0.1) is 19.8 Å². The predicted molar refractivity (Wildman–Crippen MR) is 114 cm³/mol. The van der Waals surface area contributed by atoms with Crippen LogP contribution in [-0.4, -0.2) is 32.8 Å².